The van der Waals surface area contributed by atoms with E-state index in [0.717, 1.165) is 0 Å². The van der Waals surface area contributed by atoms with Crippen molar-refractivity contribution in [1.82, 2.24) is 20.0 Å². The molecule has 1 atom stereocenters. The number of carbonyl (C=O) groups excluding carboxylic acids is 1. The van der Waals surface area contributed by atoms with E-state index >= 15 is 0 Å². The highest BCUT2D eigenvalue weighted by Crippen LogP contribution is 2.43. The average Bonchev–Trinajstić information content (AvgIpc) is 2.92. The van der Waals surface area contributed by atoms with Crippen LogP contribution in [0.5, 0.6) is 0 Å². The summed E-state index contributed by atoms with van der Waals surface area (Å²) in [6, 6.07) is 7.68. The van der Waals surface area contributed by atoms with E-state index in [2.05, 4.69) is 20.6 Å². The molecular formula is C17H12Cl2FN5O. The number of anilines is 1. The van der Waals surface area contributed by atoms with Crippen LogP contribution in [-0.2, 0) is 4.79 Å². The van der Waals surface area contributed by atoms with E-state index in [4.69, 9.17) is 23.2 Å². The summed E-state index contributed by atoms with van der Waals surface area (Å²) in [5.74, 6) is -0.438. The second kappa shape index (κ2) is 6.34. The van der Waals surface area contributed by atoms with Crippen LogP contribution in [0.15, 0.2) is 30.3 Å². The number of nitrogens with one attached hydrogen (secondary N) is 1. The normalized spacial score (nSPS) is 16.3. The van der Waals surface area contributed by atoms with E-state index in [0.29, 0.717) is 22.9 Å². The maximum Gasteiger partial charge on any atom is 0.226 e. The average molecular weight is 392 g/mol. The third-order valence-electron chi connectivity index (χ3n) is 4.29. The standard InChI is InChI=1S/C17H12Cl2FN5O/c1-8-15-9(16-10(18)3-2-4-11(16)20)7-14(26)21-17(15)25(24-8)13-6-5-12(19)22-23-13/h2-6,9H,7H2,1H3,(H,21,26)/t9-/m1/s1. The van der Waals surface area contributed by atoms with Gasteiger partial charge in [-0.05, 0) is 31.2 Å². The summed E-state index contributed by atoms with van der Waals surface area (Å²) in [4.78, 5) is 12.3. The molecule has 0 aliphatic carbocycles. The smallest absolute Gasteiger partial charge is 0.226 e. The second-order valence-electron chi connectivity index (χ2n) is 5.91. The summed E-state index contributed by atoms with van der Waals surface area (Å²) in [5.41, 5.74) is 1.63. The van der Waals surface area contributed by atoms with Crippen molar-refractivity contribution in [3.8, 4) is 5.82 Å². The molecule has 0 bridgehead atoms. The number of aromatic nitrogens is 4. The van der Waals surface area contributed by atoms with Crippen LogP contribution in [-0.4, -0.2) is 25.9 Å². The van der Waals surface area contributed by atoms with Crippen molar-refractivity contribution in [3.63, 3.8) is 0 Å². The van der Waals surface area contributed by atoms with Gasteiger partial charge in [0.15, 0.2) is 11.0 Å². The number of hydrogen-bond donors (Lipinski definition) is 1. The van der Waals surface area contributed by atoms with Gasteiger partial charge in [-0.1, -0.05) is 29.3 Å². The summed E-state index contributed by atoms with van der Waals surface area (Å²) in [6.45, 7) is 1.79. The zero-order valence-electron chi connectivity index (χ0n) is 13.5. The Balaban J connectivity index is 1.92. The molecule has 1 aliphatic rings. The molecule has 0 spiro atoms. The number of nitrogens with zero attached hydrogens (tertiary/aromatic N) is 4. The minimum absolute atomic E-state index is 0.0759. The highest BCUT2D eigenvalue weighted by Gasteiger charge is 2.35. The minimum atomic E-state index is -0.540. The quantitative estimate of drug-likeness (QED) is 0.718. The van der Waals surface area contributed by atoms with Crippen molar-refractivity contribution >= 4 is 34.9 Å². The van der Waals surface area contributed by atoms with E-state index in [1.54, 1.807) is 25.1 Å². The summed E-state index contributed by atoms with van der Waals surface area (Å²) in [6.07, 6.45) is 0.0759. The van der Waals surface area contributed by atoms with Gasteiger partial charge in [0.05, 0.1) is 5.69 Å². The Morgan fingerprint density at radius 1 is 1.19 bits per heavy atom. The lowest BCUT2D eigenvalue weighted by Gasteiger charge is -2.25. The molecular weight excluding hydrogens is 380 g/mol. The number of halogens is 3. The second-order valence-corrected chi connectivity index (χ2v) is 6.71. The van der Waals surface area contributed by atoms with Gasteiger partial charge in [0.2, 0.25) is 5.91 Å². The highest BCUT2D eigenvalue weighted by molar-refractivity contribution is 6.31. The number of benzene rings is 1. The first-order valence-electron chi connectivity index (χ1n) is 7.78. The predicted molar refractivity (Wildman–Crippen MR) is 95.4 cm³/mol. The zero-order valence-corrected chi connectivity index (χ0v) is 15.0. The van der Waals surface area contributed by atoms with Gasteiger partial charge >= 0.3 is 0 Å². The molecule has 0 saturated carbocycles. The molecule has 1 aliphatic heterocycles. The van der Waals surface area contributed by atoms with Crippen LogP contribution in [0.3, 0.4) is 0 Å². The van der Waals surface area contributed by atoms with Crippen LogP contribution in [0.2, 0.25) is 10.2 Å². The van der Waals surface area contributed by atoms with Crippen LogP contribution in [0, 0.1) is 12.7 Å². The van der Waals surface area contributed by atoms with Gasteiger partial charge in [0.1, 0.15) is 11.6 Å². The Hall–Kier alpha value is -2.51. The monoisotopic (exact) mass is 391 g/mol. The molecule has 132 valence electrons. The molecule has 0 unspecified atom stereocenters. The summed E-state index contributed by atoms with van der Waals surface area (Å²) in [5, 5.41) is 15.6. The van der Waals surface area contributed by atoms with E-state index in [1.807, 2.05) is 0 Å². The van der Waals surface area contributed by atoms with E-state index in [9.17, 15) is 9.18 Å². The molecule has 0 fully saturated rings. The van der Waals surface area contributed by atoms with Crippen molar-refractivity contribution in [2.45, 2.75) is 19.3 Å². The molecule has 2 aromatic heterocycles. The largest absolute Gasteiger partial charge is 0.310 e. The molecule has 3 aromatic rings. The molecule has 1 aromatic carbocycles. The third-order valence-corrected chi connectivity index (χ3v) is 4.82. The Kier molecular flexibility index (Phi) is 4.13. The lowest BCUT2D eigenvalue weighted by Crippen LogP contribution is -2.25. The Morgan fingerprint density at radius 3 is 2.69 bits per heavy atom. The van der Waals surface area contributed by atoms with Crippen molar-refractivity contribution in [2.24, 2.45) is 0 Å². The fraction of sp³-hybridized carbons (Fsp3) is 0.176. The molecule has 1 amide bonds. The molecule has 0 radical (unpaired) electrons. The number of amides is 1. The van der Waals surface area contributed by atoms with Gasteiger partial charge < -0.3 is 5.32 Å². The van der Waals surface area contributed by atoms with Crippen LogP contribution >= 0.6 is 23.2 Å². The zero-order chi connectivity index (χ0) is 18.4. The van der Waals surface area contributed by atoms with Crippen LogP contribution in [0.4, 0.5) is 10.2 Å². The fourth-order valence-corrected chi connectivity index (χ4v) is 3.62. The summed E-state index contributed by atoms with van der Waals surface area (Å²) < 4.78 is 15.9. The number of carbonyl (C=O) groups is 1. The van der Waals surface area contributed by atoms with Gasteiger partial charge in [0, 0.05) is 28.5 Å². The Bertz CT molecular complexity index is 998. The van der Waals surface area contributed by atoms with E-state index in [-0.39, 0.29) is 28.1 Å². The van der Waals surface area contributed by atoms with Gasteiger partial charge in [-0.3, -0.25) is 4.79 Å². The Morgan fingerprint density at radius 2 is 2.00 bits per heavy atom. The lowest BCUT2D eigenvalue weighted by molar-refractivity contribution is -0.116. The molecule has 6 nitrogen and oxygen atoms in total. The predicted octanol–water partition coefficient (Wildman–Crippen LogP) is 3.89. The molecule has 9 heteroatoms. The maximum absolute atomic E-state index is 14.5. The third kappa shape index (κ3) is 2.73. The first-order chi connectivity index (χ1) is 12.5. The van der Waals surface area contributed by atoms with Gasteiger partial charge in [-0.15, -0.1) is 10.2 Å². The first kappa shape index (κ1) is 16.9. The molecule has 3 heterocycles. The van der Waals surface area contributed by atoms with Crippen molar-refractivity contribution < 1.29 is 9.18 Å². The topological polar surface area (TPSA) is 72.7 Å². The van der Waals surface area contributed by atoms with Crippen molar-refractivity contribution in [1.29, 1.82) is 0 Å². The molecule has 1 N–H and O–H groups in total. The van der Waals surface area contributed by atoms with Crippen LogP contribution in [0.25, 0.3) is 5.82 Å². The van der Waals surface area contributed by atoms with Crippen LogP contribution < -0.4 is 5.32 Å². The van der Waals surface area contributed by atoms with Crippen molar-refractivity contribution in [2.75, 3.05) is 5.32 Å². The number of aryl methyl sites for hydroxylation is 1. The van der Waals surface area contributed by atoms with E-state index < -0.39 is 11.7 Å². The minimum Gasteiger partial charge on any atom is -0.310 e. The number of fused-ring (bicyclic) bond motifs is 1. The SMILES string of the molecule is Cc1nn(-c2ccc(Cl)nn2)c2c1[C@H](c1c(F)cccc1Cl)CC(=O)N2. The summed E-state index contributed by atoms with van der Waals surface area (Å²) >= 11 is 12.0. The van der Waals surface area contributed by atoms with Gasteiger partial charge in [0.25, 0.3) is 0 Å². The first-order valence-corrected chi connectivity index (χ1v) is 8.54. The maximum atomic E-state index is 14.5. The number of hydrogen-bond acceptors (Lipinski definition) is 4. The van der Waals surface area contributed by atoms with Crippen molar-refractivity contribution in [3.05, 3.63) is 63.1 Å². The Labute approximate surface area is 157 Å². The van der Waals surface area contributed by atoms with Gasteiger partial charge in [-0.2, -0.15) is 9.78 Å². The highest BCUT2D eigenvalue weighted by atomic mass is 35.5. The van der Waals surface area contributed by atoms with E-state index in [1.165, 1.54) is 16.8 Å². The fourth-order valence-electron chi connectivity index (χ4n) is 3.23. The molecule has 4 rings (SSSR count). The van der Waals surface area contributed by atoms with Crippen LogP contribution in [0.1, 0.15) is 29.2 Å². The summed E-state index contributed by atoms with van der Waals surface area (Å²) in [7, 11) is 0. The molecule has 0 saturated heterocycles. The lowest BCUT2D eigenvalue weighted by atomic mass is 9.85. The number of rotatable bonds is 2. The van der Waals surface area contributed by atoms with Gasteiger partial charge in [-0.25, -0.2) is 4.39 Å². The molecule has 26 heavy (non-hydrogen) atoms.